The SMILES string of the molecule is COCc1ccc(C(=O)N2CC[C@@H](C(=O)O)C2)o1. The average molecular weight is 253 g/mol. The molecule has 1 amide bonds. The number of carboxylic acids is 1. The minimum atomic E-state index is -0.857. The van der Waals surface area contributed by atoms with E-state index in [1.54, 1.807) is 19.2 Å². The van der Waals surface area contributed by atoms with Crippen LogP contribution in [-0.4, -0.2) is 42.1 Å². The van der Waals surface area contributed by atoms with E-state index in [9.17, 15) is 9.59 Å². The average Bonchev–Trinajstić information content (AvgIpc) is 2.97. The number of hydrogen-bond acceptors (Lipinski definition) is 4. The lowest BCUT2D eigenvalue weighted by atomic mass is 10.1. The predicted molar refractivity (Wildman–Crippen MR) is 61.1 cm³/mol. The van der Waals surface area contributed by atoms with Crippen LogP contribution in [0.4, 0.5) is 0 Å². The second kappa shape index (κ2) is 5.22. The summed E-state index contributed by atoms with van der Waals surface area (Å²) in [6.45, 7) is 1.01. The Morgan fingerprint density at radius 2 is 2.33 bits per heavy atom. The standard InChI is InChI=1S/C12H15NO5/c1-17-7-9-2-3-10(18-9)11(14)13-5-4-8(6-13)12(15)16/h2-3,8H,4-7H2,1H3,(H,15,16)/t8-/m1/s1. The number of carbonyl (C=O) groups excluding carboxylic acids is 1. The molecule has 1 aliphatic heterocycles. The molecule has 0 aliphatic carbocycles. The molecule has 0 aromatic carbocycles. The maximum absolute atomic E-state index is 12.0. The van der Waals surface area contributed by atoms with Crippen LogP contribution in [0.5, 0.6) is 0 Å². The fraction of sp³-hybridized carbons (Fsp3) is 0.500. The molecule has 0 bridgehead atoms. The van der Waals surface area contributed by atoms with E-state index < -0.39 is 11.9 Å². The summed E-state index contributed by atoms with van der Waals surface area (Å²) >= 11 is 0. The van der Waals surface area contributed by atoms with Gasteiger partial charge in [-0.05, 0) is 18.6 Å². The van der Waals surface area contributed by atoms with Gasteiger partial charge in [-0.3, -0.25) is 9.59 Å². The first kappa shape index (κ1) is 12.6. The molecule has 0 radical (unpaired) electrons. The number of nitrogens with zero attached hydrogens (tertiary/aromatic N) is 1. The molecule has 6 heteroatoms. The summed E-state index contributed by atoms with van der Waals surface area (Å²) in [7, 11) is 1.54. The molecule has 98 valence electrons. The van der Waals surface area contributed by atoms with Gasteiger partial charge in [0.15, 0.2) is 5.76 Å². The molecule has 6 nitrogen and oxygen atoms in total. The normalized spacial score (nSPS) is 19.2. The van der Waals surface area contributed by atoms with Gasteiger partial charge < -0.3 is 19.2 Å². The third kappa shape index (κ3) is 2.53. The van der Waals surface area contributed by atoms with Crippen molar-refractivity contribution in [2.24, 2.45) is 5.92 Å². The Hall–Kier alpha value is -1.82. The molecule has 1 fully saturated rings. The number of likely N-dealkylation sites (tertiary alicyclic amines) is 1. The van der Waals surface area contributed by atoms with E-state index in [4.69, 9.17) is 14.3 Å². The summed E-state index contributed by atoms with van der Waals surface area (Å²) < 4.78 is 10.2. The van der Waals surface area contributed by atoms with Gasteiger partial charge in [0.25, 0.3) is 5.91 Å². The molecular formula is C12H15NO5. The molecule has 0 unspecified atom stereocenters. The third-order valence-electron chi connectivity index (χ3n) is 2.98. The van der Waals surface area contributed by atoms with E-state index in [1.807, 2.05) is 0 Å². The molecule has 2 heterocycles. The third-order valence-corrected chi connectivity index (χ3v) is 2.98. The van der Waals surface area contributed by atoms with Crippen LogP contribution in [0, 0.1) is 5.92 Å². The van der Waals surface area contributed by atoms with Gasteiger partial charge in [-0.15, -0.1) is 0 Å². The van der Waals surface area contributed by atoms with Crippen LogP contribution < -0.4 is 0 Å². The number of methoxy groups -OCH3 is 1. The van der Waals surface area contributed by atoms with Gasteiger partial charge in [-0.1, -0.05) is 0 Å². The molecule has 1 aromatic rings. The van der Waals surface area contributed by atoms with Crippen molar-refractivity contribution in [2.75, 3.05) is 20.2 Å². The number of aliphatic carboxylic acids is 1. The van der Waals surface area contributed by atoms with Gasteiger partial charge in [0.05, 0.1) is 5.92 Å². The van der Waals surface area contributed by atoms with E-state index in [2.05, 4.69) is 0 Å². The van der Waals surface area contributed by atoms with Gasteiger partial charge in [0.2, 0.25) is 0 Å². The van der Waals surface area contributed by atoms with Crippen molar-refractivity contribution in [3.63, 3.8) is 0 Å². The Balaban J connectivity index is 2.01. The van der Waals surface area contributed by atoms with Crippen LogP contribution in [0.3, 0.4) is 0 Å². The van der Waals surface area contributed by atoms with Crippen molar-refractivity contribution in [1.29, 1.82) is 0 Å². The van der Waals surface area contributed by atoms with Crippen LogP contribution in [0.1, 0.15) is 22.7 Å². The van der Waals surface area contributed by atoms with E-state index in [0.717, 1.165) is 0 Å². The van der Waals surface area contributed by atoms with E-state index in [-0.39, 0.29) is 18.2 Å². The minimum absolute atomic E-state index is 0.230. The monoisotopic (exact) mass is 253 g/mol. The molecular weight excluding hydrogens is 238 g/mol. The zero-order valence-electron chi connectivity index (χ0n) is 10.1. The number of hydrogen-bond donors (Lipinski definition) is 1. The number of carboxylic acid groups (broad SMARTS) is 1. The number of carbonyl (C=O) groups is 2. The van der Waals surface area contributed by atoms with Crippen molar-refractivity contribution in [1.82, 2.24) is 4.90 Å². The lowest BCUT2D eigenvalue weighted by Gasteiger charge is -2.13. The predicted octanol–water partition coefficient (Wildman–Crippen LogP) is 0.973. The van der Waals surface area contributed by atoms with E-state index in [1.165, 1.54) is 4.90 Å². The second-order valence-corrected chi connectivity index (χ2v) is 4.27. The lowest BCUT2D eigenvalue weighted by Crippen LogP contribution is -2.29. The highest BCUT2D eigenvalue weighted by Gasteiger charge is 2.32. The van der Waals surface area contributed by atoms with Crippen molar-refractivity contribution >= 4 is 11.9 Å². The highest BCUT2D eigenvalue weighted by molar-refractivity contribution is 5.92. The maximum Gasteiger partial charge on any atom is 0.308 e. The smallest absolute Gasteiger partial charge is 0.308 e. The maximum atomic E-state index is 12.0. The van der Waals surface area contributed by atoms with E-state index >= 15 is 0 Å². The zero-order valence-corrected chi connectivity index (χ0v) is 10.1. The molecule has 18 heavy (non-hydrogen) atoms. The van der Waals surface area contributed by atoms with Crippen LogP contribution in [0.2, 0.25) is 0 Å². The van der Waals surface area contributed by atoms with Gasteiger partial charge in [-0.2, -0.15) is 0 Å². The highest BCUT2D eigenvalue weighted by Crippen LogP contribution is 2.20. The van der Waals surface area contributed by atoms with Gasteiger partial charge in [-0.25, -0.2) is 0 Å². The number of furan rings is 1. The van der Waals surface area contributed by atoms with Crippen LogP contribution in [0.15, 0.2) is 16.5 Å². The summed E-state index contributed by atoms with van der Waals surface area (Å²) in [5.74, 6) is -0.781. The first-order valence-corrected chi connectivity index (χ1v) is 5.71. The highest BCUT2D eigenvalue weighted by atomic mass is 16.5. The molecule has 1 N–H and O–H groups in total. The van der Waals surface area contributed by atoms with Crippen molar-refractivity contribution < 1.29 is 23.8 Å². The number of ether oxygens (including phenoxy) is 1. The van der Waals surface area contributed by atoms with Crippen LogP contribution in [0.25, 0.3) is 0 Å². The topological polar surface area (TPSA) is 80.0 Å². The van der Waals surface area contributed by atoms with E-state index in [0.29, 0.717) is 25.3 Å². The fourth-order valence-corrected chi connectivity index (χ4v) is 2.01. The number of amides is 1. The summed E-state index contributed by atoms with van der Waals surface area (Å²) in [5, 5.41) is 8.88. The first-order valence-electron chi connectivity index (χ1n) is 5.71. The summed E-state index contributed by atoms with van der Waals surface area (Å²) in [5.41, 5.74) is 0. The number of rotatable bonds is 4. The summed E-state index contributed by atoms with van der Waals surface area (Å²) in [6.07, 6.45) is 0.493. The quantitative estimate of drug-likeness (QED) is 0.864. The Morgan fingerprint density at radius 3 is 2.94 bits per heavy atom. The Labute approximate surface area is 104 Å². The van der Waals surface area contributed by atoms with Crippen molar-refractivity contribution in [3.05, 3.63) is 23.7 Å². The first-order chi connectivity index (χ1) is 8.61. The van der Waals surface area contributed by atoms with Gasteiger partial charge in [0, 0.05) is 20.2 Å². The lowest BCUT2D eigenvalue weighted by molar-refractivity contribution is -0.141. The minimum Gasteiger partial charge on any atom is -0.481 e. The van der Waals surface area contributed by atoms with Crippen molar-refractivity contribution in [2.45, 2.75) is 13.0 Å². The molecule has 0 spiro atoms. The molecule has 1 saturated heterocycles. The molecule has 1 atom stereocenters. The largest absolute Gasteiger partial charge is 0.481 e. The molecule has 1 aliphatic rings. The Kier molecular flexibility index (Phi) is 3.66. The van der Waals surface area contributed by atoms with Crippen molar-refractivity contribution in [3.8, 4) is 0 Å². The Bertz CT molecular complexity index is 453. The van der Waals surface area contributed by atoms with Gasteiger partial charge in [0.1, 0.15) is 12.4 Å². The van der Waals surface area contributed by atoms with Gasteiger partial charge >= 0.3 is 5.97 Å². The Morgan fingerprint density at radius 1 is 1.56 bits per heavy atom. The fourth-order valence-electron chi connectivity index (χ4n) is 2.01. The summed E-state index contributed by atoms with van der Waals surface area (Å²) in [6, 6.07) is 3.27. The molecule has 0 saturated carbocycles. The van der Waals surface area contributed by atoms with Crippen LogP contribution >= 0.6 is 0 Å². The molecule has 1 aromatic heterocycles. The van der Waals surface area contributed by atoms with Crippen LogP contribution in [-0.2, 0) is 16.1 Å². The molecule has 2 rings (SSSR count). The second-order valence-electron chi connectivity index (χ2n) is 4.27. The summed E-state index contributed by atoms with van der Waals surface area (Å²) in [4.78, 5) is 24.4. The zero-order chi connectivity index (χ0) is 13.1.